The lowest BCUT2D eigenvalue weighted by Gasteiger charge is -2.18. The number of nitrogens with one attached hydrogen (secondary N) is 2. The van der Waals surface area contributed by atoms with Crippen LogP contribution in [0.15, 0.2) is 28.6 Å². The van der Waals surface area contributed by atoms with Crippen LogP contribution in [0.5, 0.6) is 0 Å². The Labute approximate surface area is 164 Å². The van der Waals surface area contributed by atoms with Gasteiger partial charge < -0.3 is 10.6 Å². The third kappa shape index (κ3) is 5.70. The zero-order valence-corrected chi connectivity index (χ0v) is 17.5. The van der Waals surface area contributed by atoms with E-state index in [1.807, 2.05) is 13.0 Å². The Kier molecular flexibility index (Phi) is 8.61. The van der Waals surface area contributed by atoms with Crippen LogP contribution < -0.4 is 10.6 Å². The Morgan fingerprint density at radius 3 is 2.75 bits per heavy atom. The van der Waals surface area contributed by atoms with Crippen LogP contribution in [-0.2, 0) is 13.0 Å². The molecule has 1 atom stereocenters. The van der Waals surface area contributed by atoms with Gasteiger partial charge in [-0.15, -0.1) is 35.3 Å². The van der Waals surface area contributed by atoms with Gasteiger partial charge in [0.05, 0.1) is 23.3 Å². The summed E-state index contributed by atoms with van der Waals surface area (Å²) >= 11 is 1.67. The van der Waals surface area contributed by atoms with Gasteiger partial charge in [-0.2, -0.15) is 0 Å². The van der Waals surface area contributed by atoms with Gasteiger partial charge in [-0.25, -0.2) is 9.37 Å². The van der Waals surface area contributed by atoms with E-state index in [4.69, 9.17) is 0 Å². The molecule has 132 valence electrons. The van der Waals surface area contributed by atoms with Crippen LogP contribution >= 0.6 is 35.3 Å². The van der Waals surface area contributed by atoms with Crippen molar-refractivity contribution in [1.29, 1.82) is 0 Å². The number of aryl methyl sites for hydroxylation is 2. The molecule has 0 saturated carbocycles. The summed E-state index contributed by atoms with van der Waals surface area (Å²) in [5, 5.41) is 9.69. The monoisotopic (exact) mass is 462 g/mol. The summed E-state index contributed by atoms with van der Waals surface area (Å²) in [6.45, 7) is 6.45. The fourth-order valence-electron chi connectivity index (χ4n) is 2.13. The summed E-state index contributed by atoms with van der Waals surface area (Å²) in [5.41, 5.74) is 2.54. The van der Waals surface area contributed by atoms with E-state index in [0.29, 0.717) is 18.1 Å². The van der Waals surface area contributed by atoms with Gasteiger partial charge in [-0.1, -0.05) is 19.1 Å². The highest BCUT2D eigenvalue weighted by Crippen LogP contribution is 2.16. The average molecular weight is 462 g/mol. The number of guanidine groups is 1. The summed E-state index contributed by atoms with van der Waals surface area (Å²) in [7, 11) is 1.72. The summed E-state index contributed by atoms with van der Waals surface area (Å²) in [6.07, 6.45) is 0.952. The fraction of sp³-hybridized carbons (Fsp3) is 0.412. The molecule has 0 bridgehead atoms. The molecule has 1 heterocycles. The number of hydrogen-bond acceptors (Lipinski definition) is 3. The second-order valence-electron chi connectivity index (χ2n) is 5.39. The van der Waals surface area contributed by atoms with Gasteiger partial charge in [0.25, 0.3) is 0 Å². The predicted molar refractivity (Wildman–Crippen MR) is 110 cm³/mol. The Balaban J connectivity index is 0.00000288. The highest BCUT2D eigenvalue weighted by molar-refractivity contribution is 14.0. The number of hydrogen-bond donors (Lipinski definition) is 2. The summed E-state index contributed by atoms with van der Waals surface area (Å²) < 4.78 is 13.7. The van der Waals surface area contributed by atoms with Crippen molar-refractivity contribution in [2.75, 3.05) is 7.05 Å². The van der Waals surface area contributed by atoms with E-state index in [-0.39, 0.29) is 35.8 Å². The Morgan fingerprint density at radius 2 is 2.17 bits per heavy atom. The van der Waals surface area contributed by atoms with Crippen molar-refractivity contribution in [3.8, 4) is 0 Å². The summed E-state index contributed by atoms with van der Waals surface area (Å²) in [4.78, 5) is 8.73. The second-order valence-corrected chi connectivity index (χ2v) is 6.33. The first kappa shape index (κ1) is 20.8. The molecule has 24 heavy (non-hydrogen) atoms. The summed E-state index contributed by atoms with van der Waals surface area (Å²) in [5.74, 6) is 0.484. The molecular formula is C17H24FIN4S. The van der Waals surface area contributed by atoms with Gasteiger partial charge in [0.1, 0.15) is 5.82 Å². The van der Waals surface area contributed by atoms with E-state index in [9.17, 15) is 4.39 Å². The van der Waals surface area contributed by atoms with Crippen molar-refractivity contribution in [2.24, 2.45) is 4.99 Å². The first-order chi connectivity index (χ1) is 11.0. The molecular weight excluding hydrogens is 438 g/mol. The molecule has 2 aromatic rings. The number of halogens is 2. The molecule has 1 aromatic heterocycles. The van der Waals surface area contributed by atoms with Gasteiger partial charge >= 0.3 is 0 Å². The van der Waals surface area contributed by atoms with Crippen LogP contribution in [0, 0.1) is 12.7 Å². The molecule has 4 nitrogen and oxygen atoms in total. The molecule has 2 N–H and O–H groups in total. The minimum atomic E-state index is -0.186. The van der Waals surface area contributed by atoms with Gasteiger partial charge in [-0.05, 0) is 37.5 Å². The number of benzene rings is 1. The van der Waals surface area contributed by atoms with Gasteiger partial charge in [-0.3, -0.25) is 4.99 Å². The molecule has 0 aliphatic carbocycles. The first-order valence-corrected chi connectivity index (χ1v) is 8.58. The minimum Gasteiger partial charge on any atom is -0.351 e. The lowest BCUT2D eigenvalue weighted by molar-refractivity contribution is 0.607. The zero-order valence-electron chi connectivity index (χ0n) is 14.4. The average Bonchev–Trinajstić information content (AvgIpc) is 3.01. The maximum Gasteiger partial charge on any atom is 0.191 e. The first-order valence-electron chi connectivity index (χ1n) is 7.70. The normalized spacial score (nSPS) is 12.5. The topological polar surface area (TPSA) is 49.3 Å². The minimum absolute atomic E-state index is 0. The SMILES string of the molecule is CCc1nc(CNC(=NC)NC(C)c2ccc(C)c(F)c2)cs1.I. The van der Waals surface area contributed by atoms with E-state index in [0.717, 1.165) is 22.7 Å². The highest BCUT2D eigenvalue weighted by Gasteiger charge is 2.10. The molecule has 0 radical (unpaired) electrons. The molecule has 7 heteroatoms. The van der Waals surface area contributed by atoms with Crippen molar-refractivity contribution in [1.82, 2.24) is 15.6 Å². The molecule has 0 aliphatic rings. The van der Waals surface area contributed by atoms with Crippen LogP contribution in [0.3, 0.4) is 0 Å². The van der Waals surface area contributed by atoms with Crippen molar-refractivity contribution in [3.05, 3.63) is 51.2 Å². The van der Waals surface area contributed by atoms with E-state index in [1.54, 1.807) is 37.4 Å². The number of rotatable bonds is 5. The molecule has 0 saturated heterocycles. The molecule has 0 fully saturated rings. The third-order valence-electron chi connectivity index (χ3n) is 3.61. The maximum atomic E-state index is 13.7. The highest BCUT2D eigenvalue weighted by atomic mass is 127. The van der Waals surface area contributed by atoms with Crippen LogP contribution in [-0.4, -0.2) is 18.0 Å². The lowest BCUT2D eigenvalue weighted by atomic mass is 10.1. The van der Waals surface area contributed by atoms with Crippen molar-refractivity contribution >= 4 is 41.3 Å². The Hall–Kier alpha value is -1.22. The second kappa shape index (κ2) is 9.93. The molecule has 1 aromatic carbocycles. The molecule has 2 rings (SSSR count). The van der Waals surface area contributed by atoms with Gasteiger partial charge in [0.2, 0.25) is 0 Å². The zero-order chi connectivity index (χ0) is 16.8. The van der Waals surface area contributed by atoms with Gasteiger partial charge in [0, 0.05) is 12.4 Å². The van der Waals surface area contributed by atoms with Crippen LogP contribution in [0.4, 0.5) is 4.39 Å². The number of nitrogens with zero attached hydrogens (tertiary/aromatic N) is 2. The standard InChI is InChI=1S/C17H23FN4S.HI/c1-5-16-22-14(10-23-16)9-20-17(19-4)21-12(3)13-7-6-11(2)15(18)8-13;/h6-8,10,12H,5,9H2,1-4H3,(H2,19,20,21);1H. The summed E-state index contributed by atoms with van der Waals surface area (Å²) in [6, 6.07) is 5.24. The maximum absolute atomic E-state index is 13.7. The van der Waals surface area contributed by atoms with Crippen LogP contribution in [0.1, 0.15) is 41.7 Å². The van der Waals surface area contributed by atoms with Gasteiger partial charge in [0.15, 0.2) is 5.96 Å². The molecule has 0 spiro atoms. The fourth-order valence-corrected chi connectivity index (χ4v) is 2.87. The molecule has 0 aliphatic heterocycles. The Bertz CT molecular complexity index is 687. The number of aromatic nitrogens is 1. The largest absolute Gasteiger partial charge is 0.351 e. The Morgan fingerprint density at radius 1 is 1.42 bits per heavy atom. The van der Waals surface area contributed by atoms with Crippen molar-refractivity contribution in [2.45, 2.75) is 39.8 Å². The van der Waals surface area contributed by atoms with Crippen LogP contribution in [0.2, 0.25) is 0 Å². The van der Waals surface area contributed by atoms with E-state index in [1.165, 1.54) is 0 Å². The van der Waals surface area contributed by atoms with Crippen LogP contribution in [0.25, 0.3) is 0 Å². The molecule has 0 amide bonds. The number of aliphatic imine (C=N–C) groups is 1. The third-order valence-corrected chi connectivity index (χ3v) is 4.65. The van der Waals surface area contributed by atoms with Crippen molar-refractivity contribution in [3.63, 3.8) is 0 Å². The predicted octanol–water partition coefficient (Wildman–Crippen LogP) is 4.20. The van der Waals surface area contributed by atoms with E-state index in [2.05, 4.69) is 32.9 Å². The smallest absolute Gasteiger partial charge is 0.191 e. The van der Waals surface area contributed by atoms with E-state index >= 15 is 0 Å². The van der Waals surface area contributed by atoms with Crippen molar-refractivity contribution < 1.29 is 4.39 Å². The lowest BCUT2D eigenvalue weighted by Crippen LogP contribution is -2.38. The number of thiazole rings is 1. The molecule has 1 unspecified atom stereocenters. The van der Waals surface area contributed by atoms with E-state index < -0.39 is 0 Å². The quantitative estimate of drug-likeness (QED) is 0.398.